The van der Waals surface area contributed by atoms with Gasteiger partial charge >= 0.3 is 12.1 Å². The third-order valence-electron chi connectivity index (χ3n) is 3.50. The lowest BCUT2D eigenvalue weighted by molar-refractivity contribution is -0.139. The first kappa shape index (κ1) is 24.4. The highest BCUT2D eigenvalue weighted by molar-refractivity contribution is 7.98. The summed E-state index contributed by atoms with van der Waals surface area (Å²) < 4.78 is 71.8. The van der Waals surface area contributed by atoms with Gasteiger partial charge in [0.25, 0.3) is 5.89 Å². The van der Waals surface area contributed by atoms with E-state index < -0.39 is 39.9 Å². The van der Waals surface area contributed by atoms with E-state index in [-0.39, 0.29) is 28.1 Å². The Morgan fingerprint density at radius 1 is 1.39 bits per heavy atom. The Labute approximate surface area is 179 Å². The lowest BCUT2D eigenvalue weighted by Gasteiger charge is -2.06. The highest BCUT2D eigenvalue weighted by atomic mass is 32.2. The summed E-state index contributed by atoms with van der Waals surface area (Å²) in [4.78, 5) is 19.3. The van der Waals surface area contributed by atoms with Crippen LogP contribution in [-0.2, 0) is 19.4 Å². The van der Waals surface area contributed by atoms with Crippen LogP contribution < -0.4 is 5.73 Å². The van der Waals surface area contributed by atoms with E-state index in [2.05, 4.69) is 15.1 Å². The van der Waals surface area contributed by atoms with E-state index in [0.29, 0.717) is 6.08 Å². The Morgan fingerprint density at radius 2 is 2.10 bits per heavy atom. The van der Waals surface area contributed by atoms with Gasteiger partial charge in [-0.1, -0.05) is 11.2 Å². The van der Waals surface area contributed by atoms with Crippen LogP contribution in [0.3, 0.4) is 0 Å². The van der Waals surface area contributed by atoms with Crippen molar-refractivity contribution in [1.29, 1.82) is 0 Å². The van der Waals surface area contributed by atoms with Gasteiger partial charge in [-0.2, -0.15) is 18.2 Å². The Morgan fingerprint density at radius 3 is 2.71 bits per heavy atom. The molecule has 0 atom stereocenters. The molecule has 0 saturated carbocycles. The Hall–Kier alpha value is -2.87. The molecule has 1 heterocycles. The van der Waals surface area contributed by atoms with Crippen LogP contribution in [0.25, 0.3) is 11.5 Å². The van der Waals surface area contributed by atoms with Crippen molar-refractivity contribution in [2.24, 2.45) is 10.7 Å². The number of nitrogens with two attached hydrogens (primary N) is 1. The largest absolute Gasteiger partial charge is 0.453 e. The van der Waals surface area contributed by atoms with Gasteiger partial charge < -0.3 is 15.0 Å². The molecule has 1 aromatic carbocycles. The van der Waals surface area contributed by atoms with Crippen LogP contribution in [0.4, 0.5) is 13.2 Å². The van der Waals surface area contributed by atoms with Crippen molar-refractivity contribution in [2.45, 2.75) is 11.1 Å². The molecule has 0 spiro atoms. The highest BCUT2D eigenvalue weighted by Gasteiger charge is 2.32. The normalized spacial score (nSPS) is 13.3. The van der Waals surface area contributed by atoms with Crippen molar-refractivity contribution in [1.82, 2.24) is 10.1 Å². The molecule has 31 heavy (non-hydrogen) atoms. The van der Waals surface area contributed by atoms with E-state index in [4.69, 9.17) is 15.0 Å². The Balaban J connectivity index is 2.42. The molecule has 0 saturated heterocycles. The molecule has 0 aliphatic carbocycles. The molecule has 9 nitrogen and oxygen atoms in total. The summed E-state index contributed by atoms with van der Waals surface area (Å²) in [7, 11) is -3.52. The fourth-order valence-corrected chi connectivity index (χ4v) is 2.95. The number of carbonyl (C=O) groups excluding carboxylic acids is 1. The molecule has 0 bridgehead atoms. The van der Waals surface area contributed by atoms with E-state index >= 15 is 0 Å². The average Bonchev–Trinajstić information content (AvgIpc) is 3.18. The standard InChI is InChI=1S/C17H17F3N4O5S2/c1-30-9-28-14(25)8-22-12(7-13(21)17(18,19)20)15-23-16(29-24-15)10-4-3-5-11(6-10)31(2,26)27/h3-7H,8-9,21H2,1-2H3/b13-7-,22-12?. The van der Waals surface area contributed by atoms with E-state index in [1.54, 1.807) is 6.26 Å². The van der Waals surface area contributed by atoms with Gasteiger partial charge in [0, 0.05) is 11.8 Å². The molecule has 0 fully saturated rings. The molecule has 168 valence electrons. The van der Waals surface area contributed by atoms with Crippen LogP contribution in [0.15, 0.2) is 50.4 Å². The molecule has 0 aliphatic heterocycles. The first-order valence-electron chi connectivity index (χ1n) is 8.29. The van der Waals surface area contributed by atoms with Crippen molar-refractivity contribution in [3.8, 4) is 11.5 Å². The number of hydrogen-bond acceptors (Lipinski definition) is 10. The summed E-state index contributed by atoms with van der Waals surface area (Å²) in [6, 6.07) is 5.54. The average molecular weight is 478 g/mol. The second-order valence-electron chi connectivity index (χ2n) is 5.94. The lowest BCUT2D eigenvalue weighted by Crippen LogP contribution is -2.21. The van der Waals surface area contributed by atoms with E-state index in [0.717, 1.165) is 6.26 Å². The molecule has 2 rings (SSSR count). The number of esters is 1. The van der Waals surface area contributed by atoms with E-state index in [1.807, 2.05) is 0 Å². The van der Waals surface area contributed by atoms with Gasteiger partial charge in [0.05, 0.1) is 4.90 Å². The van der Waals surface area contributed by atoms with Crippen molar-refractivity contribution in [2.75, 3.05) is 25.0 Å². The fourth-order valence-electron chi connectivity index (χ4n) is 2.03. The number of rotatable bonds is 8. The van der Waals surface area contributed by atoms with Crippen molar-refractivity contribution < 1.29 is 35.6 Å². The van der Waals surface area contributed by atoms with E-state index in [9.17, 15) is 26.4 Å². The minimum atomic E-state index is -4.85. The molecular formula is C17H17F3N4O5S2. The maximum absolute atomic E-state index is 12.9. The smallest absolute Gasteiger partial charge is 0.430 e. The van der Waals surface area contributed by atoms with Crippen molar-refractivity contribution in [3.05, 3.63) is 41.9 Å². The third kappa shape index (κ3) is 7.10. The van der Waals surface area contributed by atoms with Crippen LogP contribution in [0.2, 0.25) is 0 Å². The summed E-state index contributed by atoms with van der Waals surface area (Å²) in [5, 5.41) is 3.57. The Kier molecular flexibility index (Phi) is 7.84. The van der Waals surface area contributed by atoms with Gasteiger partial charge in [-0.15, -0.1) is 11.8 Å². The maximum Gasteiger partial charge on any atom is 0.430 e. The van der Waals surface area contributed by atoms with Gasteiger partial charge in [-0.3, -0.25) is 9.79 Å². The number of aromatic nitrogens is 2. The first-order valence-corrected chi connectivity index (χ1v) is 11.6. The summed E-state index contributed by atoms with van der Waals surface area (Å²) in [5.74, 6) is -1.29. The SMILES string of the molecule is CSCOC(=O)CN=C(/C=C(\N)C(F)(F)F)c1noc(-c2cccc(S(C)(=O)=O)c2)n1. The zero-order chi connectivity index (χ0) is 23.2. The predicted molar refractivity (Wildman–Crippen MR) is 107 cm³/mol. The number of sulfone groups is 1. The van der Waals surface area contributed by atoms with Gasteiger partial charge in [-0.05, 0) is 30.5 Å². The molecule has 14 heteroatoms. The number of benzene rings is 1. The number of thioether (sulfide) groups is 1. The minimum absolute atomic E-state index is 0.0172. The highest BCUT2D eigenvalue weighted by Crippen LogP contribution is 2.23. The van der Waals surface area contributed by atoms with Gasteiger partial charge in [0.1, 0.15) is 23.9 Å². The third-order valence-corrected chi connectivity index (χ3v) is 4.96. The molecule has 0 aliphatic rings. The van der Waals surface area contributed by atoms with Crippen LogP contribution in [-0.4, -0.2) is 61.4 Å². The first-order chi connectivity index (χ1) is 14.4. The van der Waals surface area contributed by atoms with Gasteiger partial charge in [-0.25, -0.2) is 8.42 Å². The zero-order valence-electron chi connectivity index (χ0n) is 16.2. The van der Waals surface area contributed by atoms with Crippen LogP contribution in [0.1, 0.15) is 5.82 Å². The Bertz CT molecular complexity index is 1110. The summed E-state index contributed by atoms with van der Waals surface area (Å²) in [6.07, 6.45) is -1.69. The topological polar surface area (TPSA) is 138 Å². The molecule has 0 amide bonds. The van der Waals surface area contributed by atoms with Crippen molar-refractivity contribution in [3.63, 3.8) is 0 Å². The molecule has 2 aromatic rings. The molecule has 1 aromatic heterocycles. The fraction of sp³-hybridized carbons (Fsp3) is 0.294. The number of ether oxygens (including phenoxy) is 1. The second-order valence-corrected chi connectivity index (χ2v) is 8.77. The number of nitrogens with zero attached hydrogens (tertiary/aromatic N) is 3. The minimum Gasteiger partial charge on any atom is -0.453 e. The van der Waals surface area contributed by atoms with Crippen LogP contribution >= 0.6 is 11.8 Å². The number of alkyl halides is 3. The number of aliphatic imine (C=N–C) groups is 1. The molecule has 0 unspecified atom stereocenters. The predicted octanol–water partition coefficient (Wildman–Crippen LogP) is 2.20. The molecule has 2 N–H and O–H groups in total. The summed E-state index contributed by atoms with van der Waals surface area (Å²) in [6.45, 7) is -0.606. The number of halogens is 3. The quantitative estimate of drug-likeness (QED) is 0.344. The molecular weight excluding hydrogens is 461 g/mol. The molecule has 0 radical (unpaired) electrons. The number of carbonyl (C=O) groups is 1. The van der Waals surface area contributed by atoms with Crippen LogP contribution in [0, 0.1) is 0 Å². The summed E-state index contributed by atoms with van der Waals surface area (Å²) >= 11 is 1.22. The van der Waals surface area contributed by atoms with Crippen LogP contribution in [0.5, 0.6) is 0 Å². The lowest BCUT2D eigenvalue weighted by atomic mass is 10.2. The van der Waals surface area contributed by atoms with Gasteiger partial charge in [0.2, 0.25) is 5.82 Å². The second kappa shape index (κ2) is 9.96. The zero-order valence-corrected chi connectivity index (χ0v) is 17.8. The number of hydrogen-bond donors (Lipinski definition) is 1. The summed E-state index contributed by atoms with van der Waals surface area (Å²) in [5.41, 5.74) is 3.30. The number of allylic oxidation sites excluding steroid dienone is 2. The van der Waals surface area contributed by atoms with Gasteiger partial charge in [0.15, 0.2) is 9.84 Å². The monoisotopic (exact) mass is 478 g/mol. The maximum atomic E-state index is 12.9. The van der Waals surface area contributed by atoms with Crippen molar-refractivity contribution >= 4 is 33.3 Å². The van der Waals surface area contributed by atoms with E-state index in [1.165, 1.54) is 36.0 Å².